The molecule has 0 atom stereocenters. The summed E-state index contributed by atoms with van der Waals surface area (Å²) in [5.74, 6) is 3.19. The molecule has 0 N–H and O–H groups in total. The van der Waals surface area contributed by atoms with Gasteiger partial charge in [-0.05, 0) is 110 Å². The summed E-state index contributed by atoms with van der Waals surface area (Å²) in [7, 11) is 0. The summed E-state index contributed by atoms with van der Waals surface area (Å²) in [6, 6.07) is 18.9. The molecule has 2 aromatic rings. The molecular formula is C36H53F. The van der Waals surface area contributed by atoms with Gasteiger partial charge in [-0.15, -0.1) is 0 Å². The van der Waals surface area contributed by atoms with E-state index in [1.54, 1.807) is 5.56 Å². The topological polar surface area (TPSA) is 0 Å². The predicted molar refractivity (Wildman–Crippen MR) is 159 cm³/mol. The second-order valence-electron chi connectivity index (χ2n) is 12.4. The zero-order chi connectivity index (χ0) is 25.7. The normalized spacial score (nSPS) is 24.3. The Balaban J connectivity index is 1.18. The largest absolute Gasteiger partial charge is 0.251 e. The van der Waals surface area contributed by atoms with E-state index in [9.17, 15) is 4.39 Å². The number of halogens is 1. The summed E-state index contributed by atoms with van der Waals surface area (Å²) < 4.78 is 12.5. The smallest absolute Gasteiger partial charge is 0.0894 e. The molecule has 0 unspecified atom stereocenters. The van der Waals surface area contributed by atoms with Crippen LogP contribution in [-0.2, 0) is 0 Å². The summed E-state index contributed by atoms with van der Waals surface area (Å²) in [4.78, 5) is 0. The molecule has 0 saturated heterocycles. The fourth-order valence-corrected chi connectivity index (χ4v) is 7.22. The number of hydrogen-bond acceptors (Lipinski definition) is 0. The molecule has 0 amide bonds. The highest BCUT2D eigenvalue weighted by Crippen LogP contribution is 2.40. The van der Waals surface area contributed by atoms with Crippen LogP contribution in [-0.4, -0.2) is 6.67 Å². The second-order valence-corrected chi connectivity index (χ2v) is 12.4. The van der Waals surface area contributed by atoms with Gasteiger partial charge in [0.1, 0.15) is 0 Å². The maximum atomic E-state index is 12.5. The van der Waals surface area contributed by atoms with Crippen LogP contribution >= 0.6 is 0 Å². The molecule has 0 nitrogen and oxygen atoms in total. The zero-order valence-electron chi connectivity index (χ0n) is 23.7. The van der Waals surface area contributed by atoms with Gasteiger partial charge in [-0.2, -0.15) is 0 Å². The molecule has 0 aromatic heterocycles. The van der Waals surface area contributed by atoms with Crippen molar-refractivity contribution in [3.8, 4) is 11.1 Å². The van der Waals surface area contributed by atoms with Crippen LogP contribution in [0.2, 0.25) is 0 Å². The summed E-state index contributed by atoms with van der Waals surface area (Å²) in [5, 5.41) is 0. The third-order valence-electron chi connectivity index (χ3n) is 9.75. The van der Waals surface area contributed by atoms with Crippen molar-refractivity contribution >= 4 is 0 Å². The highest BCUT2D eigenvalue weighted by Gasteiger charge is 2.23. The summed E-state index contributed by atoms with van der Waals surface area (Å²) in [6.07, 6.45) is 24.0. The van der Waals surface area contributed by atoms with Gasteiger partial charge in [0, 0.05) is 0 Å². The predicted octanol–water partition coefficient (Wildman–Crippen LogP) is 11.8. The Morgan fingerprint density at radius 2 is 0.919 bits per heavy atom. The first-order valence-corrected chi connectivity index (χ1v) is 16.0. The van der Waals surface area contributed by atoms with Crippen LogP contribution in [0.1, 0.15) is 145 Å². The average Bonchev–Trinajstić information content (AvgIpc) is 2.96. The monoisotopic (exact) mass is 504 g/mol. The van der Waals surface area contributed by atoms with Crippen molar-refractivity contribution in [2.75, 3.05) is 6.67 Å². The SMILES string of the molecule is CCCCCCCCCC1CCC(c2ccc(-c3ccc(C4CCC(CCCF)CC4)cc3)cc2)CC1. The first-order valence-electron chi connectivity index (χ1n) is 16.0. The Hall–Kier alpha value is -1.63. The number of alkyl halides is 1. The molecule has 2 aliphatic carbocycles. The lowest BCUT2D eigenvalue weighted by atomic mass is 9.76. The number of benzene rings is 2. The van der Waals surface area contributed by atoms with Gasteiger partial charge < -0.3 is 0 Å². The van der Waals surface area contributed by atoms with E-state index >= 15 is 0 Å². The Kier molecular flexibility index (Phi) is 12.0. The number of rotatable bonds is 14. The van der Waals surface area contributed by atoms with E-state index in [1.165, 1.54) is 119 Å². The molecule has 37 heavy (non-hydrogen) atoms. The highest BCUT2D eigenvalue weighted by molar-refractivity contribution is 5.64. The third-order valence-corrected chi connectivity index (χ3v) is 9.75. The van der Waals surface area contributed by atoms with Gasteiger partial charge in [-0.1, -0.05) is 107 Å². The molecule has 0 radical (unpaired) electrons. The van der Waals surface area contributed by atoms with Gasteiger partial charge in [0.2, 0.25) is 0 Å². The van der Waals surface area contributed by atoms with Crippen LogP contribution < -0.4 is 0 Å². The molecule has 2 aliphatic rings. The van der Waals surface area contributed by atoms with Crippen molar-refractivity contribution < 1.29 is 4.39 Å². The molecule has 2 aromatic carbocycles. The molecule has 0 aliphatic heterocycles. The second kappa shape index (κ2) is 15.7. The van der Waals surface area contributed by atoms with Gasteiger partial charge in [-0.3, -0.25) is 4.39 Å². The van der Waals surface area contributed by atoms with Crippen molar-refractivity contribution in [2.45, 2.75) is 134 Å². The van der Waals surface area contributed by atoms with E-state index in [1.807, 2.05) is 0 Å². The summed E-state index contributed by atoms with van der Waals surface area (Å²) in [6.45, 7) is 2.15. The lowest BCUT2D eigenvalue weighted by molar-refractivity contribution is 0.293. The Labute approximate surface area is 227 Å². The zero-order valence-corrected chi connectivity index (χ0v) is 23.7. The van der Waals surface area contributed by atoms with E-state index < -0.39 is 0 Å². The molecule has 204 valence electrons. The van der Waals surface area contributed by atoms with Crippen LogP contribution in [0.4, 0.5) is 4.39 Å². The third kappa shape index (κ3) is 8.97. The lowest BCUT2D eigenvalue weighted by Crippen LogP contribution is -2.13. The minimum Gasteiger partial charge on any atom is -0.251 e. The minimum absolute atomic E-state index is 0.150. The van der Waals surface area contributed by atoms with Crippen LogP contribution in [0.5, 0.6) is 0 Å². The molecule has 0 bridgehead atoms. The Morgan fingerprint density at radius 3 is 1.35 bits per heavy atom. The quantitative estimate of drug-likeness (QED) is 0.224. The van der Waals surface area contributed by atoms with Crippen LogP contribution in [0.15, 0.2) is 48.5 Å². The van der Waals surface area contributed by atoms with Crippen LogP contribution in [0, 0.1) is 11.8 Å². The Bertz CT molecular complexity index is 851. The van der Waals surface area contributed by atoms with Gasteiger partial charge in [-0.25, -0.2) is 0 Å². The first kappa shape index (κ1) is 28.4. The highest BCUT2D eigenvalue weighted by atomic mass is 19.1. The standard InChI is InChI=1S/C36H53F/c1-2-3-4-5-6-7-8-10-29-12-16-31(17-13-29)33-20-24-35(25-21-33)36-26-22-34(23-27-36)32-18-14-30(15-19-32)11-9-28-37/h20-27,29-32H,2-19,28H2,1H3. The van der Waals surface area contributed by atoms with Gasteiger partial charge in [0.05, 0.1) is 6.67 Å². The minimum atomic E-state index is -0.150. The number of hydrogen-bond donors (Lipinski definition) is 0. The molecule has 0 spiro atoms. The fourth-order valence-electron chi connectivity index (χ4n) is 7.22. The summed E-state index contributed by atoms with van der Waals surface area (Å²) >= 11 is 0. The fraction of sp³-hybridized carbons (Fsp3) is 0.667. The van der Waals surface area contributed by atoms with Gasteiger partial charge >= 0.3 is 0 Å². The van der Waals surface area contributed by atoms with E-state index in [4.69, 9.17) is 0 Å². The number of unbranched alkanes of at least 4 members (excludes halogenated alkanes) is 6. The molecule has 4 rings (SSSR count). The van der Waals surface area contributed by atoms with Gasteiger partial charge in [0.25, 0.3) is 0 Å². The van der Waals surface area contributed by atoms with Crippen molar-refractivity contribution in [3.05, 3.63) is 59.7 Å². The summed E-state index contributed by atoms with van der Waals surface area (Å²) in [5.41, 5.74) is 5.74. The molecule has 1 heteroatoms. The van der Waals surface area contributed by atoms with Crippen molar-refractivity contribution in [1.29, 1.82) is 0 Å². The first-order chi connectivity index (χ1) is 18.3. The maximum absolute atomic E-state index is 12.5. The van der Waals surface area contributed by atoms with E-state index in [0.717, 1.165) is 30.6 Å². The molecule has 2 saturated carbocycles. The average molecular weight is 505 g/mol. The van der Waals surface area contributed by atoms with Crippen molar-refractivity contribution in [2.24, 2.45) is 11.8 Å². The lowest BCUT2D eigenvalue weighted by Gasteiger charge is -2.29. The molecular weight excluding hydrogens is 451 g/mol. The molecule has 0 heterocycles. The van der Waals surface area contributed by atoms with E-state index in [0.29, 0.717) is 5.92 Å². The van der Waals surface area contributed by atoms with Crippen molar-refractivity contribution in [1.82, 2.24) is 0 Å². The van der Waals surface area contributed by atoms with E-state index in [2.05, 4.69) is 55.5 Å². The molecule has 2 fully saturated rings. The van der Waals surface area contributed by atoms with Crippen molar-refractivity contribution in [3.63, 3.8) is 0 Å². The van der Waals surface area contributed by atoms with E-state index in [-0.39, 0.29) is 6.67 Å². The van der Waals surface area contributed by atoms with Crippen LogP contribution in [0.3, 0.4) is 0 Å². The van der Waals surface area contributed by atoms with Crippen LogP contribution in [0.25, 0.3) is 11.1 Å². The van der Waals surface area contributed by atoms with Gasteiger partial charge in [0.15, 0.2) is 0 Å². The Morgan fingerprint density at radius 1 is 0.514 bits per heavy atom. The maximum Gasteiger partial charge on any atom is 0.0894 e.